The topological polar surface area (TPSA) is 17.1 Å². The molecule has 0 heterocycles. The summed E-state index contributed by atoms with van der Waals surface area (Å²) in [6.45, 7) is 13.0. The fraction of sp³-hybridized carbons (Fsp3) is 0.588. The molecule has 1 nitrogen and oxygen atoms in total. The molecule has 0 amide bonds. The smallest absolute Gasteiger partial charge is 0.163 e. The van der Waals surface area contributed by atoms with E-state index in [9.17, 15) is 4.79 Å². The molecule has 1 unspecified atom stereocenters. The maximum absolute atomic E-state index is 12.2. The molecule has 0 aromatic heterocycles. The Kier molecular flexibility index (Phi) is 4.72. The van der Waals surface area contributed by atoms with Crippen LogP contribution < -0.4 is 0 Å². The molecule has 0 saturated carbocycles. The largest absolute Gasteiger partial charge is 0.294 e. The molecule has 0 aliphatic rings. The van der Waals surface area contributed by atoms with Gasteiger partial charge in [0.2, 0.25) is 0 Å². The Morgan fingerprint density at radius 3 is 1.94 bits per heavy atom. The molecule has 1 aromatic carbocycles. The van der Waals surface area contributed by atoms with Gasteiger partial charge in [0.25, 0.3) is 0 Å². The minimum atomic E-state index is 0.188. The summed E-state index contributed by atoms with van der Waals surface area (Å²) in [5.41, 5.74) is 2.32. The zero-order valence-electron chi connectivity index (χ0n) is 12.6. The maximum Gasteiger partial charge on any atom is 0.163 e. The quantitative estimate of drug-likeness (QED) is 0.678. The summed E-state index contributed by atoms with van der Waals surface area (Å²) in [4.78, 5) is 12.2. The highest BCUT2D eigenvalue weighted by Gasteiger charge is 2.23. The Morgan fingerprint density at radius 2 is 1.56 bits per heavy atom. The van der Waals surface area contributed by atoms with Crippen LogP contribution in [0.5, 0.6) is 0 Å². The molecule has 0 N–H and O–H groups in total. The first-order chi connectivity index (χ1) is 8.21. The SMILES string of the molecule is CC(C)c1ccc(C(=O)CC(C)C(C)(C)C)cc1. The van der Waals surface area contributed by atoms with Crippen molar-refractivity contribution in [2.24, 2.45) is 11.3 Å². The molecule has 100 valence electrons. The van der Waals surface area contributed by atoms with Gasteiger partial charge in [0, 0.05) is 12.0 Å². The summed E-state index contributed by atoms with van der Waals surface area (Å²) in [6.07, 6.45) is 0.629. The first-order valence-corrected chi connectivity index (χ1v) is 6.85. The van der Waals surface area contributed by atoms with Crippen LogP contribution in [-0.2, 0) is 0 Å². The second-order valence-electron chi connectivity index (χ2n) is 6.67. The third-order valence-electron chi connectivity index (χ3n) is 3.87. The Bertz CT molecular complexity index is 393. The van der Waals surface area contributed by atoms with Gasteiger partial charge in [0.05, 0.1) is 0 Å². The van der Waals surface area contributed by atoms with Crippen LogP contribution in [0.4, 0.5) is 0 Å². The van der Waals surface area contributed by atoms with Crippen molar-refractivity contribution in [2.75, 3.05) is 0 Å². The van der Waals surface area contributed by atoms with E-state index in [2.05, 4.69) is 53.7 Å². The molecule has 0 fully saturated rings. The zero-order chi connectivity index (χ0) is 13.9. The summed E-state index contributed by atoms with van der Waals surface area (Å²) < 4.78 is 0. The van der Waals surface area contributed by atoms with E-state index in [4.69, 9.17) is 0 Å². The highest BCUT2D eigenvalue weighted by molar-refractivity contribution is 5.96. The predicted octanol–water partition coefficient (Wildman–Crippen LogP) is 5.07. The second kappa shape index (κ2) is 5.69. The molecule has 1 aromatic rings. The Balaban J connectivity index is 2.73. The maximum atomic E-state index is 12.2. The Labute approximate surface area is 112 Å². The normalized spacial score (nSPS) is 13.7. The van der Waals surface area contributed by atoms with Gasteiger partial charge in [0.15, 0.2) is 5.78 Å². The molecule has 0 radical (unpaired) electrons. The van der Waals surface area contributed by atoms with E-state index in [1.807, 2.05) is 12.1 Å². The first kappa shape index (κ1) is 14.9. The van der Waals surface area contributed by atoms with Gasteiger partial charge in [-0.3, -0.25) is 4.79 Å². The van der Waals surface area contributed by atoms with Crippen LogP contribution in [0.3, 0.4) is 0 Å². The van der Waals surface area contributed by atoms with Crippen LogP contribution in [0.2, 0.25) is 0 Å². The van der Waals surface area contributed by atoms with Crippen LogP contribution in [0, 0.1) is 11.3 Å². The molecular formula is C17H26O. The summed E-state index contributed by atoms with van der Waals surface area (Å²) in [5, 5.41) is 0. The standard InChI is InChI=1S/C17H26O/c1-12(2)14-7-9-15(10-8-14)16(18)11-13(3)17(4,5)6/h7-10,12-13H,11H2,1-6H3. The molecule has 1 heteroatoms. The average Bonchev–Trinajstić information content (AvgIpc) is 2.27. The molecule has 0 spiro atoms. The van der Waals surface area contributed by atoms with Crippen LogP contribution >= 0.6 is 0 Å². The van der Waals surface area contributed by atoms with Crippen molar-refractivity contribution in [1.82, 2.24) is 0 Å². The van der Waals surface area contributed by atoms with Crippen LogP contribution in [-0.4, -0.2) is 5.78 Å². The van der Waals surface area contributed by atoms with E-state index < -0.39 is 0 Å². The summed E-state index contributed by atoms with van der Waals surface area (Å²) in [5.74, 6) is 1.17. The number of rotatable bonds is 4. The molecule has 18 heavy (non-hydrogen) atoms. The summed E-state index contributed by atoms with van der Waals surface area (Å²) in [7, 11) is 0. The van der Waals surface area contributed by atoms with E-state index in [-0.39, 0.29) is 11.2 Å². The van der Waals surface area contributed by atoms with Crippen molar-refractivity contribution in [2.45, 2.75) is 53.9 Å². The van der Waals surface area contributed by atoms with Crippen molar-refractivity contribution in [3.05, 3.63) is 35.4 Å². The lowest BCUT2D eigenvalue weighted by atomic mass is 9.78. The van der Waals surface area contributed by atoms with Gasteiger partial charge in [-0.25, -0.2) is 0 Å². The molecule has 0 saturated heterocycles. The van der Waals surface area contributed by atoms with E-state index in [0.717, 1.165) is 5.56 Å². The first-order valence-electron chi connectivity index (χ1n) is 6.85. The minimum absolute atomic E-state index is 0.188. The monoisotopic (exact) mass is 246 g/mol. The molecular weight excluding hydrogens is 220 g/mol. The van der Waals surface area contributed by atoms with Gasteiger partial charge in [-0.1, -0.05) is 65.8 Å². The number of hydrogen-bond acceptors (Lipinski definition) is 1. The summed E-state index contributed by atoms with van der Waals surface area (Å²) in [6, 6.07) is 8.07. The molecule has 0 aliphatic carbocycles. The highest BCUT2D eigenvalue weighted by atomic mass is 16.1. The Morgan fingerprint density at radius 1 is 1.06 bits per heavy atom. The van der Waals surface area contributed by atoms with Crippen molar-refractivity contribution < 1.29 is 4.79 Å². The molecule has 1 atom stereocenters. The van der Waals surface area contributed by atoms with Gasteiger partial charge >= 0.3 is 0 Å². The predicted molar refractivity (Wildman–Crippen MR) is 78.1 cm³/mol. The van der Waals surface area contributed by atoms with Crippen molar-refractivity contribution in [3.8, 4) is 0 Å². The van der Waals surface area contributed by atoms with Gasteiger partial charge < -0.3 is 0 Å². The molecule has 1 rings (SSSR count). The third-order valence-corrected chi connectivity index (χ3v) is 3.87. The Hall–Kier alpha value is -1.11. The third kappa shape index (κ3) is 3.97. The number of hydrogen-bond donors (Lipinski definition) is 0. The van der Waals surface area contributed by atoms with Gasteiger partial charge in [-0.2, -0.15) is 0 Å². The van der Waals surface area contributed by atoms with Crippen LogP contribution in [0.25, 0.3) is 0 Å². The van der Waals surface area contributed by atoms with Gasteiger partial charge in [-0.15, -0.1) is 0 Å². The number of ketones is 1. The van der Waals surface area contributed by atoms with Crippen LogP contribution in [0.1, 0.15) is 69.8 Å². The number of benzene rings is 1. The van der Waals surface area contributed by atoms with Crippen molar-refractivity contribution in [1.29, 1.82) is 0 Å². The lowest BCUT2D eigenvalue weighted by Crippen LogP contribution is -2.20. The van der Waals surface area contributed by atoms with E-state index >= 15 is 0 Å². The van der Waals surface area contributed by atoms with Crippen molar-refractivity contribution >= 4 is 5.78 Å². The molecule has 0 bridgehead atoms. The lowest BCUT2D eigenvalue weighted by molar-refractivity contribution is 0.0927. The fourth-order valence-corrected chi connectivity index (χ4v) is 1.76. The fourth-order valence-electron chi connectivity index (χ4n) is 1.76. The zero-order valence-corrected chi connectivity index (χ0v) is 12.6. The number of carbonyl (C=O) groups is 1. The van der Waals surface area contributed by atoms with E-state index in [1.165, 1.54) is 5.56 Å². The van der Waals surface area contributed by atoms with E-state index in [1.54, 1.807) is 0 Å². The summed E-state index contributed by atoms with van der Waals surface area (Å²) >= 11 is 0. The van der Waals surface area contributed by atoms with E-state index in [0.29, 0.717) is 18.3 Å². The number of carbonyl (C=O) groups excluding carboxylic acids is 1. The van der Waals surface area contributed by atoms with Gasteiger partial charge in [0.1, 0.15) is 0 Å². The van der Waals surface area contributed by atoms with Crippen LogP contribution in [0.15, 0.2) is 24.3 Å². The van der Waals surface area contributed by atoms with Crippen molar-refractivity contribution in [3.63, 3.8) is 0 Å². The number of Topliss-reactive ketones (excluding diaryl/α,β-unsaturated/α-hetero) is 1. The van der Waals surface area contributed by atoms with Gasteiger partial charge in [-0.05, 0) is 22.8 Å². The highest BCUT2D eigenvalue weighted by Crippen LogP contribution is 2.29. The minimum Gasteiger partial charge on any atom is -0.294 e. The lowest BCUT2D eigenvalue weighted by Gasteiger charge is -2.26. The second-order valence-corrected chi connectivity index (χ2v) is 6.67. The average molecular weight is 246 g/mol. The molecule has 0 aliphatic heterocycles.